The largest absolute Gasteiger partial charge is 0.323 e. The highest BCUT2D eigenvalue weighted by Crippen LogP contribution is 1.95. The molecule has 0 aliphatic carbocycles. The monoisotopic (exact) mass is 135 g/mol. The average Bonchev–Trinajstić information content (AvgIpc) is 2.05. The van der Waals surface area contributed by atoms with Gasteiger partial charge in [-0.2, -0.15) is 5.10 Å². The molecule has 0 atom stereocenters. The lowest BCUT2D eigenvalue weighted by molar-refractivity contribution is 1.22. The highest BCUT2D eigenvalue weighted by Gasteiger charge is 1.92. The lowest BCUT2D eigenvalue weighted by atomic mass is 10.2. The van der Waals surface area contributed by atoms with Gasteiger partial charge in [0.15, 0.2) is 0 Å². The van der Waals surface area contributed by atoms with Gasteiger partial charge >= 0.3 is 0 Å². The summed E-state index contributed by atoms with van der Waals surface area (Å²) in [7, 11) is 0. The summed E-state index contributed by atoms with van der Waals surface area (Å²) in [6.45, 7) is 1.84. The van der Waals surface area contributed by atoms with Crippen LogP contribution in [0.4, 0.5) is 0 Å². The summed E-state index contributed by atoms with van der Waals surface area (Å²) in [5.41, 5.74) is 1.76. The zero-order chi connectivity index (χ0) is 7.40. The first-order valence-electron chi connectivity index (χ1n) is 2.99. The SMILES string of the molecule is CC(=NN)c1cccnc1. The molecule has 0 aliphatic rings. The summed E-state index contributed by atoms with van der Waals surface area (Å²) in [5, 5.41) is 3.54. The van der Waals surface area contributed by atoms with Gasteiger partial charge in [0.25, 0.3) is 0 Å². The number of nitrogens with zero attached hydrogens (tertiary/aromatic N) is 2. The fraction of sp³-hybridized carbons (Fsp3) is 0.143. The molecule has 52 valence electrons. The van der Waals surface area contributed by atoms with E-state index >= 15 is 0 Å². The van der Waals surface area contributed by atoms with Gasteiger partial charge < -0.3 is 5.84 Å². The summed E-state index contributed by atoms with van der Waals surface area (Å²) in [5.74, 6) is 5.06. The number of aromatic nitrogens is 1. The normalized spacial score (nSPS) is 11.5. The van der Waals surface area contributed by atoms with Gasteiger partial charge in [0.05, 0.1) is 5.71 Å². The van der Waals surface area contributed by atoms with Gasteiger partial charge in [-0.15, -0.1) is 0 Å². The van der Waals surface area contributed by atoms with E-state index < -0.39 is 0 Å². The van der Waals surface area contributed by atoms with E-state index in [4.69, 9.17) is 5.84 Å². The van der Waals surface area contributed by atoms with Crippen molar-refractivity contribution in [1.82, 2.24) is 4.98 Å². The standard InChI is InChI=1S/C7H9N3/c1-6(10-8)7-3-2-4-9-5-7/h2-5H,8H2,1H3. The second kappa shape index (κ2) is 2.96. The maximum atomic E-state index is 5.06. The van der Waals surface area contributed by atoms with Crippen LogP contribution in [0.1, 0.15) is 12.5 Å². The van der Waals surface area contributed by atoms with Crippen molar-refractivity contribution in [2.24, 2.45) is 10.9 Å². The fourth-order valence-electron chi connectivity index (χ4n) is 0.651. The molecule has 3 heteroatoms. The van der Waals surface area contributed by atoms with E-state index in [1.165, 1.54) is 0 Å². The van der Waals surface area contributed by atoms with Gasteiger partial charge in [0, 0.05) is 18.0 Å². The Balaban J connectivity index is 2.96. The maximum absolute atomic E-state index is 5.06. The van der Waals surface area contributed by atoms with Crippen LogP contribution in [-0.2, 0) is 0 Å². The molecule has 0 saturated carbocycles. The van der Waals surface area contributed by atoms with Gasteiger partial charge in [-0.25, -0.2) is 0 Å². The lowest BCUT2D eigenvalue weighted by Gasteiger charge is -1.94. The van der Waals surface area contributed by atoms with E-state index in [9.17, 15) is 0 Å². The van der Waals surface area contributed by atoms with Crippen LogP contribution in [0.25, 0.3) is 0 Å². The van der Waals surface area contributed by atoms with Crippen molar-refractivity contribution >= 4 is 5.71 Å². The third-order valence-corrected chi connectivity index (χ3v) is 1.27. The molecule has 1 aromatic rings. The quantitative estimate of drug-likeness (QED) is 0.351. The molecule has 0 aromatic carbocycles. The minimum atomic E-state index is 0.799. The minimum Gasteiger partial charge on any atom is -0.323 e. The topological polar surface area (TPSA) is 51.3 Å². The molecule has 0 amide bonds. The van der Waals surface area contributed by atoms with Crippen LogP contribution in [0.3, 0.4) is 0 Å². The molecule has 0 fully saturated rings. The number of hydrazone groups is 1. The molecule has 0 aliphatic heterocycles. The third-order valence-electron chi connectivity index (χ3n) is 1.27. The predicted octanol–water partition coefficient (Wildman–Crippen LogP) is 0.764. The number of hydrogen-bond acceptors (Lipinski definition) is 3. The van der Waals surface area contributed by atoms with Crippen LogP contribution in [0, 0.1) is 0 Å². The molecule has 1 aromatic heterocycles. The van der Waals surface area contributed by atoms with Crippen molar-refractivity contribution in [3.05, 3.63) is 30.1 Å². The van der Waals surface area contributed by atoms with Gasteiger partial charge in [0.2, 0.25) is 0 Å². The third kappa shape index (κ3) is 1.31. The Labute approximate surface area is 59.6 Å². The summed E-state index contributed by atoms with van der Waals surface area (Å²) < 4.78 is 0. The Bertz CT molecular complexity index is 228. The Morgan fingerprint density at radius 3 is 3.00 bits per heavy atom. The Kier molecular flexibility index (Phi) is 1.99. The zero-order valence-corrected chi connectivity index (χ0v) is 5.78. The highest BCUT2D eigenvalue weighted by molar-refractivity contribution is 5.98. The second-order valence-electron chi connectivity index (χ2n) is 1.96. The van der Waals surface area contributed by atoms with Gasteiger partial charge in [-0.05, 0) is 13.0 Å². The molecule has 0 unspecified atom stereocenters. The first kappa shape index (κ1) is 6.74. The Hall–Kier alpha value is -1.38. The summed E-state index contributed by atoms with van der Waals surface area (Å²) in [4.78, 5) is 3.92. The number of rotatable bonds is 1. The Morgan fingerprint density at radius 2 is 2.50 bits per heavy atom. The van der Waals surface area contributed by atoms with Crippen molar-refractivity contribution in [3.8, 4) is 0 Å². The summed E-state index contributed by atoms with van der Waals surface area (Å²) >= 11 is 0. The van der Waals surface area contributed by atoms with E-state index in [-0.39, 0.29) is 0 Å². The lowest BCUT2D eigenvalue weighted by Crippen LogP contribution is -1.98. The van der Waals surface area contributed by atoms with Crippen molar-refractivity contribution in [2.45, 2.75) is 6.92 Å². The van der Waals surface area contributed by atoms with E-state index in [0.29, 0.717) is 0 Å². The van der Waals surface area contributed by atoms with Gasteiger partial charge in [0.1, 0.15) is 0 Å². The zero-order valence-electron chi connectivity index (χ0n) is 5.78. The molecular weight excluding hydrogens is 126 g/mol. The van der Waals surface area contributed by atoms with Crippen molar-refractivity contribution in [3.63, 3.8) is 0 Å². The van der Waals surface area contributed by atoms with Crippen molar-refractivity contribution < 1.29 is 0 Å². The van der Waals surface area contributed by atoms with E-state index in [1.807, 2.05) is 19.1 Å². The molecule has 0 bridgehead atoms. The summed E-state index contributed by atoms with van der Waals surface area (Å²) in [6.07, 6.45) is 3.44. The van der Waals surface area contributed by atoms with Crippen LogP contribution >= 0.6 is 0 Å². The van der Waals surface area contributed by atoms with E-state index in [1.54, 1.807) is 12.4 Å². The molecular formula is C7H9N3. The molecule has 2 N–H and O–H groups in total. The average molecular weight is 135 g/mol. The van der Waals surface area contributed by atoms with Gasteiger partial charge in [-0.1, -0.05) is 6.07 Å². The van der Waals surface area contributed by atoms with Crippen LogP contribution in [0.2, 0.25) is 0 Å². The Morgan fingerprint density at radius 1 is 1.70 bits per heavy atom. The van der Waals surface area contributed by atoms with Crippen LogP contribution < -0.4 is 5.84 Å². The summed E-state index contributed by atoms with van der Waals surface area (Å²) in [6, 6.07) is 3.77. The van der Waals surface area contributed by atoms with Crippen LogP contribution in [-0.4, -0.2) is 10.7 Å². The molecule has 0 saturated heterocycles. The molecule has 1 rings (SSSR count). The van der Waals surface area contributed by atoms with Gasteiger partial charge in [-0.3, -0.25) is 4.98 Å². The molecule has 10 heavy (non-hydrogen) atoms. The highest BCUT2D eigenvalue weighted by atomic mass is 15.1. The molecule has 3 nitrogen and oxygen atoms in total. The number of pyridine rings is 1. The van der Waals surface area contributed by atoms with Crippen molar-refractivity contribution in [1.29, 1.82) is 0 Å². The number of hydrogen-bond donors (Lipinski definition) is 1. The molecule has 0 radical (unpaired) electrons. The van der Waals surface area contributed by atoms with Crippen molar-refractivity contribution in [2.75, 3.05) is 0 Å². The van der Waals surface area contributed by atoms with E-state index in [0.717, 1.165) is 11.3 Å². The van der Waals surface area contributed by atoms with E-state index in [2.05, 4.69) is 10.1 Å². The first-order valence-corrected chi connectivity index (χ1v) is 2.99. The number of nitrogens with two attached hydrogens (primary N) is 1. The second-order valence-corrected chi connectivity index (χ2v) is 1.96. The predicted molar refractivity (Wildman–Crippen MR) is 40.6 cm³/mol. The van der Waals surface area contributed by atoms with Crippen LogP contribution in [0.5, 0.6) is 0 Å². The molecule has 0 spiro atoms. The van der Waals surface area contributed by atoms with Crippen LogP contribution in [0.15, 0.2) is 29.6 Å². The smallest absolute Gasteiger partial charge is 0.0657 e. The fourth-order valence-corrected chi connectivity index (χ4v) is 0.651. The first-order chi connectivity index (χ1) is 4.84. The maximum Gasteiger partial charge on any atom is 0.0657 e. The minimum absolute atomic E-state index is 0.799. The molecule has 1 heterocycles.